The van der Waals surface area contributed by atoms with E-state index in [2.05, 4.69) is 4.98 Å². The van der Waals surface area contributed by atoms with Crippen LogP contribution in [0.1, 0.15) is 22.7 Å². The summed E-state index contributed by atoms with van der Waals surface area (Å²) in [7, 11) is 0. The molecule has 1 amide bonds. The van der Waals surface area contributed by atoms with Crippen LogP contribution in [0.5, 0.6) is 0 Å². The van der Waals surface area contributed by atoms with Crippen LogP contribution in [0.25, 0.3) is 5.76 Å². The highest BCUT2D eigenvalue weighted by Gasteiger charge is 2.46. The second-order valence-electron chi connectivity index (χ2n) is 7.15. The average molecular weight is 450 g/mol. The number of aliphatic hydroxyl groups excluding tert-OH is 1. The smallest absolute Gasteiger partial charge is 0.295 e. The Hall–Kier alpha value is -4.04. The van der Waals surface area contributed by atoms with Crippen LogP contribution in [0.3, 0.4) is 0 Å². The van der Waals surface area contributed by atoms with E-state index in [4.69, 9.17) is 11.6 Å². The normalized spacial score (nSPS) is 17.5. The van der Waals surface area contributed by atoms with Crippen molar-refractivity contribution in [1.29, 1.82) is 0 Å². The number of halogens is 1. The fourth-order valence-electron chi connectivity index (χ4n) is 3.65. The van der Waals surface area contributed by atoms with E-state index >= 15 is 0 Å². The number of Topliss-reactive ketones (excluding diaryl/α,β-unsaturated/α-hetero) is 1. The first-order chi connectivity index (χ1) is 15.4. The third kappa shape index (κ3) is 3.95. The molecule has 1 fully saturated rings. The average Bonchev–Trinajstić information content (AvgIpc) is 3.05. The van der Waals surface area contributed by atoms with E-state index in [9.17, 15) is 24.8 Å². The molecule has 1 aromatic heterocycles. The zero-order chi connectivity index (χ0) is 22.8. The summed E-state index contributed by atoms with van der Waals surface area (Å²) in [6, 6.07) is 14.4. The van der Waals surface area contributed by atoms with Gasteiger partial charge in [-0.3, -0.25) is 24.7 Å². The first-order valence-electron chi connectivity index (χ1n) is 9.54. The number of pyridine rings is 1. The standard InChI is InChI=1S/C23H16ClN3O5/c24-17-8-6-15(7-9-17)20-19(21(28)16-4-1-5-18(11-16)27(31)32)22(29)23(30)26(20)13-14-3-2-10-25-12-14/h1-12,20,28H,13H2/b21-19-. The van der Waals surface area contributed by atoms with Crippen molar-refractivity contribution in [2.24, 2.45) is 0 Å². The van der Waals surface area contributed by atoms with Crippen LogP contribution >= 0.6 is 11.6 Å². The molecule has 1 aliphatic heterocycles. The number of ketones is 1. The van der Waals surface area contributed by atoms with Gasteiger partial charge in [0.05, 0.1) is 16.5 Å². The molecule has 1 aliphatic rings. The van der Waals surface area contributed by atoms with Crippen LogP contribution < -0.4 is 0 Å². The third-order valence-electron chi connectivity index (χ3n) is 5.13. The van der Waals surface area contributed by atoms with Gasteiger partial charge in [-0.2, -0.15) is 0 Å². The lowest BCUT2D eigenvalue weighted by molar-refractivity contribution is -0.384. The van der Waals surface area contributed by atoms with E-state index in [-0.39, 0.29) is 23.4 Å². The largest absolute Gasteiger partial charge is 0.507 e. The van der Waals surface area contributed by atoms with Gasteiger partial charge in [0, 0.05) is 41.7 Å². The van der Waals surface area contributed by atoms with Gasteiger partial charge in [0.2, 0.25) is 0 Å². The lowest BCUT2D eigenvalue weighted by Crippen LogP contribution is -2.29. The first-order valence-corrected chi connectivity index (χ1v) is 9.92. The maximum Gasteiger partial charge on any atom is 0.295 e. The summed E-state index contributed by atoms with van der Waals surface area (Å²) in [5, 5.41) is 22.6. The van der Waals surface area contributed by atoms with Crippen LogP contribution in [0.15, 0.2) is 78.6 Å². The molecule has 1 atom stereocenters. The molecule has 32 heavy (non-hydrogen) atoms. The minimum absolute atomic E-state index is 0.0672. The van der Waals surface area contributed by atoms with Crippen molar-refractivity contribution in [2.45, 2.75) is 12.6 Å². The molecule has 0 aliphatic carbocycles. The molecule has 1 N–H and O–H groups in total. The maximum absolute atomic E-state index is 13.0. The van der Waals surface area contributed by atoms with Crippen LogP contribution in [-0.4, -0.2) is 31.6 Å². The first kappa shape index (κ1) is 21.2. The summed E-state index contributed by atoms with van der Waals surface area (Å²) in [6.07, 6.45) is 3.18. The Morgan fingerprint density at radius 3 is 2.53 bits per heavy atom. The van der Waals surface area contributed by atoms with E-state index in [1.54, 1.807) is 48.8 Å². The van der Waals surface area contributed by atoms with Gasteiger partial charge in [-0.05, 0) is 29.3 Å². The fraction of sp³-hybridized carbons (Fsp3) is 0.0870. The summed E-state index contributed by atoms with van der Waals surface area (Å²) >= 11 is 6.00. The highest BCUT2D eigenvalue weighted by atomic mass is 35.5. The number of hydrogen-bond donors (Lipinski definition) is 1. The van der Waals surface area contributed by atoms with E-state index in [0.717, 1.165) is 6.07 Å². The summed E-state index contributed by atoms with van der Waals surface area (Å²) in [4.78, 5) is 41.9. The monoisotopic (exact) mass is 449 g/mol. The van der Waals surface area contributed by atoms with Crippen molar-refractivity contribution in [1.82, 2.24) is 9.88 Å². The number of hydrogen-bond acceptors (Lipinski definition) is 6. The van der Waals surface area contributed by atoms with E-state index in [1.807, 2.05) is 0 Å². The van der Waals surface area contributed by atoms with Gasteiger partial charge in [0.15, 0.2) is 0 Å². The molecular formula is C23H16ClN3O5. The minimum Gasteiger partial charge on any atom is -0.507 e. The van der Waals surface area contributed by atoms with Crippen LogP contribution in [0.4, 0.5) is 5.69 Å². The molecule has 8 nitrogen and oxygen atoms in total. The van der Waals surface area contributed by atoms with E-state index < -0.39 is 28.4 Å². The van der Waals surface area contributed by atoms with Crippen molar-refractivity contribution >= 4 is 34.7 Å². The Labute approximate surface area is 187 Å². The highest BCUT2D eigenvalue weighted by Crippen LogP contribution is 2.40. The molecule has 0 saturated carbocycles. The predicted octanol–water partition coefficient (Wildman–Crippen LogP) is 4.27. The second-order valence-corrected chi connectivity index (χ2v) is 7.58. The Bertz CT molecular complexity index is 1240. The molecule has 9 heteroatoms. The zero-order valence-corrected chi connectivity index (χ0v) is 17.3. The maximum atomic E-state index is 13.0. The molecular weight excluding hydrogens is 434 g/mol. The molecule has 3 aromatic rings. The number of non-ortho nitro benzene ring substituents is 1. The number of carbonyl (C=O) groups is 2. The van der Waals surface area contributed by atoms with Crippen molar-refractivity contribution < 1.29 is 19.6 Å². The van der Waals surface area contributed by atoms with Gasteiger partial charge in [0.1, 0.15) is 5.76 Å². The summed E-state index contributed by atoms with van der Waals surface area (Å²) in [5.74, 6) is -2.15. The van der Waals surface area contributed by atoms with Gasteiger partial charge < -0.3 is 10.0 Å². The van der Waals surface area contributed by atoms with Crippen molar-refractivity contribution in [3.63, 3.8) is 0 Å². The Morgan fingerprint density at radius 1 is 1.12 bits per heavy atom. The number of aliphatic hydroxyl groups is 1. The SMILES string of the molecule is O=C1C(=O)N(Cc2cccnc2)C(c2ccc(Cl)cc2)/C1=C(/O)c1cccc([N+](=O)[O-])c1. The number of nitrogens with zero attached hydrogens (tertiary/aromatic N) is 3. The van der Waals surface area contributed by atoms with Crippen molar-refractivity contribution in [2.75, 3.05) is 0 Å². The quantitative estimate of drug-likeness (QED) is 0.204. The number of nitro groups is 1. The number of nitro benzene ring substituents is 1. The van der Waals surface area contributed by atoms with E-state index in [0.29, 0.717) is 16.1 Å². The third-order valence-corrected chi connectivity index (χ3v) is 5.38. The van der Waals surface area contributed by atoms with E-state index in [1.165, 1.54) is 23.1 Å². The lowest BCUT2D eigenvalue weighted by Gasteiger charge is -2.25. The topological polar surface area (TPSA) is 114 Å². The van der Waals surface area contributed by atoms with Gasteiger partial charge in [0.25, 0.3) is 17.4 Å². The highest BCUT2D eigenvalue weighted by molar-refractivity contribution is 6.46. The predicted molar refractivity (Wildman–Crippen MR) is 117 cm³/mol. The van der Waals surface area contributed by atoms with Gasteiger partial charge in [-0.15, -0.1) is 0 Å². The van der Waals surface area contributed by atoms with Gasteiger partial charge >= 0.3 is 0 Å². The number of aromatic nitrogens is 1. The molecule has 0 radical (unpaired) electrons. The van der Waals surface area contributed by atoms with Crippen LogP contribution in [0.2, 0.25) is 5.02 Å². The number of carbonyl (C=O) groups excluding carboxylic acids is 2. The number of benzene rings is 2. The minimum atomic E-state index is -0.910. The molecule has 4 rings (SSSR count). The van der Waals surface area contributed by atoms with Gasteiger partial charge in [-0.1, -0.05) is 41.9 Å². The summed E-state index contributed by atoms with van der Waals surface area (Å²) in [5.41, 5.74) is 0.925. The Balaban J connectivity index is 1.87. The second kappa shape index (κ2) is 8.60. The van der Waals surface area contributed by atoms with Gasteiger partial charge in [-0.25, -0.2) is 0 Å². The number of amides is 1. The molecule has 2 aromatic carbocycles. The molecule has 0 spiro atoms. The molecule has 1 unspecified atom stereocenters. The fourth-order valence-corrected chi connectivity index (χ4v) is 3.77. The van der Waals surface area contributed by atoms with Crippen LogP contribution in [-0.2, 0) is 16.1 Å². The summed E-state index contributed by atoms with van der Waals surface area (Å²) in [6.45, 7) is 0.0808. The number of likely N-dealkylation sites (tertiary alicyclic amines) is 1. The molecule has 2 heterocycles. The summed E-state index contributed by atoms with van der Waals surface area (Å²) < 4.78 is 0. The lowest BCUT2D eigenvalue weighted by atomic mass is 9.95. The van der Waals surface area contributed by atoms with Crippen molar-refractivity contribution in [3.05, 3.63) is 110 Å². The van der Waals surface area contributed by atoms with Crippen LogP contribution in [0, 0.1) is 10.1 Å². The Kier molecular flexibility index (Phi) is 5.70. The Morgan fingerprint density at radius 2 is 1.88 bits per heavy atom. The number of rotatable bonds is 5. The molecule has 0 bridgehead atoms. The molecule has 1 saturated heterocycles. The van der Waals surface area contributed by atoms with Crippen molar-refractivity contribution in [3.8, 4) is 0 Å². The molecule has 160 valence electrons. The zero-order valence-electron chi connectivity index (χ0n) is 16.5.